The predicted octanol–water partition coefficient (Wildman–Crippen LogP) is 1.26. The topological polar surface area (TPSA) is 189 Å². The second-order valence-electron chi connectivity index (χ2n) is 10.8. The van der Waals surface area contributed by atoms with Crippen molar-refractivity contribution in [3.05, 3.63) is 17.5 Å². The Kier molecular flexibility index (Phi) is 16.7. The third kappa shape index (κ3) is 12.5. The molecule has 23 heteroatoms. The molecule has 1 rings (SSSR count). The number of amides is 1. The molecule has 0 saturated carbocycles. The van der Waals surface area contributed by atoms with Gasteiger partial charge >= 0.3 is 58.4 Å². The molecule has 264 valence electrons. The summed E-state index contributed by atoms with van der Waals surface area (Å²) < 4.78 is 67.5. The van der Waals surface area contributed by atoms with E-state index in [-0.39, 0.29) is 12.3 Å². The molecule has 1 heterocycles. The number of carbonyl (C=O) groups excluding carboxylic acids is 1. The first kappa shape index (κ1) is 42.5. The van der Waals surface area contributed by atoms with E-state index in [4.69, 9.17) is 47.1 Å². The average molecular weight is 752 g/mol. The standard InChI is InChI=1S/C22H53N3O14Si6/c1-20-17-21(2)25(24-20)22(28)23-15-14-16-45(33-7,34-8)39-43(12,32-6)38-44(13,36-41(10,19-27)30-4)37-42(11,31-5)35-40(9,18-26)29-3/h17,26-27H,14-16,18-19H2,1-13H3,(H,23,28). The SMILES string of the molecule is CO[Si](C)(CO)O[Si](C)(OC)O[Si](C)(O[Si](C)(CO)OC)O[Si](C)(OC)O[Si](CCCNC(=O)n1nc(C)cc1C)(OC)OC. The van der Waals surface area contributed by atoms with Crippen molar-refractivity contribution in [3.63, 3.8) is 0 Å². The van der Waals surface area contributed by atoms with Crippen molar-refractivity contribution >= 4 is 58.4 Å². The normalized spacial score (nSPS) is 19.2. The smallest absolute Gasteiger partial charge is 0.397 e. The molecular formula is C22H53N3O14Si6. The van der Waals surface area contributed by atoms with E-state index in [9.17, 15) is 15.0 Å². The number of nitrogens with zero attached hydrogens (tertiary/aromatic N) is 2. The number of aryl methyl sites for hydroxylation is 2. The largest absolute Gasteiger partial charge is 0.493 e. The van der Waals surface area contributed by atoms with Crippen LogP contribution in [0, 0.1) is 13.8 Å². The number of nitrogens with one attached hydrogen (secondary N) is 1. The Morgan fingerprint density at radius 1 is 0.733 bits per heavy atom. The van der Waals surface area contributed by atoms with Crippen LogP contribution in [-0.4, -0.2) is 140 Å². The number of aliphatic hydroxyl groups excluding tert-OH is 2. The van der Waals surface area contributed by atoms with Gasteiger partial charge < -0.3 is 62.7 Å². The second-order valence-corrected chi connectivity index (χ2v) is 29.5. The number of rotatable bonds is 22. The van der Waals surface area contributed by atoms with Crippen molar-refractivity contribution in [2.75, 3.05) is 61.7 Å². The van der Waals surface area contributed by atoms with Gasteiger partial charge in [-0.25, -0.2) is 4.79 Å². The minimum atomic E-state index is -3.95. The van der Waals surface area contributed by atoms with E-state index >= 15 is 0 Å². The maximum absolute atomic E-state index is 12.6. The van der Waals surface area contributed by atoms with Crippen LogP contribution in [0.5, 0.6) is 0 Å². The first-order chi connectivity index (χ1) is 20.8. The molecule has 17 nitrogen and oxygen atoms in total. The minimum Gasteiger partial charge on any atom is -0.397 e. The summed E-state index contributed by atoms with van der Waals surface area (Å²) in [6, 6.07) is 1.76. The molecule has 0 aliphatic heterocycles. The van der Waals surface area contributed by atoms with Gasteiger partial charge in [-0.3, -0.25) is 0 Å². The highest BCUT2D eigenvalue weighted by atomic mass is 28.5. The van der Waals surface area contributed by atoms with Gasteiger partial charge in [0.2, 0.25) is 0 Å². The van der Waals surface area contributed by atoms with Gasteiger partial charge in [0.25, 0.3) is 0 Å². The third-order valence-electron chi connectivity index (χ3n) is 6.82. The van der Waals surface area contributed by atoms with Crippen LogP contribution in [0.15, 0.2) is 6.07 Å². The fourth-order valence-corrected chi connectivity index (χ4v) is 25.8. The van der Waals surface area contributed by atoms with Crippen LogP contribution in [0.1, 0.15) is 17.8 Å². The van der Waals surface area contributed by atoms with Crippen molar-refractivity contribution in [2.45, 2.75) is 59.0 Å². The summed E-state index contributed by atoms with van der Waals surface area (Å²) in [7, 11) is -12.5. The monoisotopic (exact) mass is 751 g/mol. The summed E-state index contributed by atoms with van der Waals surface area (Å²) in [5.74, 6) is 0. The molecule has 1 amide bonds. The number of aliphatic hydroxyl groups is 2. The van der Waals surface area contributed by atoms with Crippen molar-refractivity contribution in [1.82, 2.24) is 15.1 Å². The zero-order valence-electron chi connectivity index (χ0n) is 28.8. The van der Waals surface area contributed by atoms with E-state index in [0.717, 1.165) is 11.4 Å². The summed E-state index contributed by atoms with van der Waals surface area (Å²) in [5.41, 5.74) is 1.46. The molecule has 45 heavy (non-hydrogen) atoms. The molecule has 0 radical (unpaired) electrons. The fraction of sp³-hybridized carbons (Fsp3) is 0.818. The quantitative estimate of drug-likeness (QED) is 0.113. The minimum absolute atomic E-state index is 0.295. The molecular weight excluding hydrogens is 699 g/mol. The molecule has 3 N–H and O–H groups in total. The van der Waals surface area contributed by atoms with Crippen molar-refractivity contribution in [3.8, 4) is 0 Å². The van der Waals surface area contributed by atoms with Gasteiger partial charge in [0.05, 0.1) is 18.2 Å². The van der Waals surface area contributed by atoms with Gasteiger partial charge in [0.1, 0.15) is 0 Å². The maximum Gasteiger partial charge on any atom is 0.493 e. The van der Waals surface area contributed by atoms with Crippen LogP contribution in [0.4, 0.5) is 4.79 Å². The molecule has 0 saturated heterocycles. The van der Waals surface area contributed by atoms with Crippen LogP contribution in [-0.2, 0) is 47.1 Å². The van der Waals surface area contributed by atoms with E-state index in [1.54, 1.807) is 39.7 Å². The summed E-state index contributed by atoms with van der Waals surface area (Å²) >= 11 is 0. The maximum atomic E-state index is 12.6. The van der Waals surface area contributed by atoms with Gasteiger partial charge in [-0.05, 0) is 39.4 Å². The Labute approximate surface area is 273 Å². The molecule has 0 aliphatic carbocycles. The average Bonchev–Trinajstić information content (AvgIpc) is 3.35. The van der Waals surface area contributed by atoms with Gasteiger partial charge in [0.15, 0.2) is 0 Å². The zero-order valence-corrected chi connectivity index (χ0v) is 34.8. The van der Waals surface area contributed by atoms with Crippen LogP contribution in [0.25, 0.3) is 0 Å². The highest BCUT2D eigenvalue weighted by molar-refractivity contribution is 6.88. The molecule has 5 unspecified atom stereocenters. The lowest BCUT2D eigenvalue weighted by Crippen LogP contribution is -2.68. The molecule has 0 aromatic carbocycles. The second kappa shape index (κ2) is 17.7. The highest BCUT2D eigenvalue weighted by Gasteiger charge is 2.60. The van der Waals surface area contributed by atoms with Crippen LogP contribution < -0.4 is 5.32 Å². The van der Waals surface area contributed by atoms with Crippen molar-refractivity contribution < 1.29 is 62.1 Å². The molecule has 1 aromatic heterocycles. The first-order valence-corrected chi connectivity index (χ1v) is 27.8. The molecule has 1 aromatic rings. The van der Waals surface area contributed by atoms with E-state index in [0.29, 0.717) is 19.0 Å². The van der Waals surface area contributed by atoms with Gasteiger partial charge in [-0.15, -0.1) is 0 Å². The Morgan fingerprint density at radius 3 is 1.58 bits per heavy atom. The Morgan fingerprint density at radius 2 is 1.20 bits per heavy atom. The number of carbonyl (C=O) groups is 1. The summed E-state index contributed by atoms with van der Waals surface area (Å²) in [6.45, 7) is 12.1. The van der Waals surface area contributed by atoms with Crippen LogP contribution in [0.2, 0.25) is 38.8 Å². The highest BCUT2D eigenvalue weighted by Crippen LogP contribution is 2.31. The molecule has 0 bridgehead atoms. The molecule has 0 aliphatic rings. The van der Waals surface area contributed by atoms with Gasteiger partial charge in [0, 0.05) is 80.6 Å². The number of hydrogen-bond acceptors (Lipinski definition) is 15. The van der Waals surface area contributed by atoms with E-state index < -0.39 is 58.6 Å². The van der Waals surface area contributed by atoms with Crippen LogP contribution in [0.3, 0.4) is 0 Å². The van der Waals surface area contributed by atoms with Crippen molar-refractivity contribution in [2.24, 2.45) is 0 Å². The first-order valence-electron chi connectivity index (χ1n) is 14.2. The lowest BCUT2D eigenvalue weighted by Gasteiger charge is -2.44. The predicted molar refractivity (Wildman–Crippen MR) is 175 cm³/mol. The van der Waals surface area contributed by atoms with Gasteiger partial charge in [-0.1, -0.05) is 0 Å². The molecule has 0 fully saturated rings. The van der Waals surface area contributed by atoms with E-state index in [2.05, 4.69) is 10.4 Å². The van der Waals surface area contributed by atoms with Crippen molar-refractivity contribution in [1.29, 1.82) is 0 Å². The fourth-order valence-electron chi connectivity index (χ4n) is 4.12. The Balaban J connectivity index is 3.27. The van der Waals surface area contributed by atoms with E-state index in [1.165, 1.54) is 47.3 Å². The zero-order chi connectivity index (χ0) is 34.7. The molecule has 0 spiro atoms. The summed E-state index contributed by atoms with van der Waals surface area (Å²) in [4.78, 5) is 12.6. The Hall–Kier alpha value is -0.539. The molecule has 5 atom stereocenters. The third-order valence-corrected chi connectivity index (χ3v) is 28.5. The number of hydrogen-bond donors (Lipinski definition) is 3. The number of aromatic nitrogens is 2. The van der Waals surface area contributed by atoms with Crippen LogP contribution >= 0.6 is 0 Å². The lowest BCUT2D eigenvalue weighted by molar-refractivity contribution is 0.0750. The summed E-state index contributed by atoms with van der Waals surface area (Å²) in [6.07, 6.45) is -0.320. The Bertz CT molecular complexity index is 1070. The van der Waals surface area contributed by atoms with Gasteiger partial charge in [-0.2, -0.15) is 9.78 Å². The summed E-state index contributed by atoms with van der Waals surface area (Å²) in [5, 5.41) is 27.1. The lowest BCUT2D eigenvalue weighted by atomic mass is 10.4. The van der Waals surface area contributed by atoms with E-state index in [1.807, 2.05) is 13.0 Å².